The summed E-state index contributed by atoms with van der Waals surface area (Å²) < 4.78 is 37.8. The van der Waals surface area contributed by atoms with Crippen molar-refractivity contribution >= 4 is 27.8 Å². The highest BCUT2D eigenvalue weighted by Crippen LogP contribution is 2.23. The molecule has 1 heterocycles. The summed E-state index contributed by atoms with van der Waals surface area (Å²) in [4.78, 5) is 23.4. The molecule has 1 aromatic rings. The molecule has 1 aromatic carbocycles. The second-order valence-electron chi connectivity index (χ2n) is 5.75. The van der Waals surface area contributed by atoms with E-state index in [1.165, 1.54) is 26.4 Å². The molecule has 0 aromatic heterocycles. The normalized spacial score (nSPS) is 18.5. The molecule has 0 aliphatic carbocycles. The van der Waals surface area contributed by atoms with Crippen molar-refractivity contribution in [2.75, 3.05) is 32.3 Å². The first-order valence-corrected chi connectivity index (χ1v) is 9.71. The van der Waals surface area contributed by atoms with Crippen LogP contribution >= 0.6 is 0 Å². The first-order chi connectivity index (χ1) is 12.3. The third-order valence-corrected chi connectivity index (χ3v) is 5.50. The third kappa shape index (κ3) is 6.07. The molecule has 1 aliphatic rings. The topological polar surface area (TPSA) is 108 Å². The quantitative estimate of drug-likeness (QED) is 0.541. The van der Waals surface area contributed by atoms with Gasteiger partial charge in [0.1, 0.15) is 11.5 Å². The Morgan fingerprint density at radius 1 is 1.19 bits per heavy atom. The van der Waals surface area contributed by atoms with Gasteiger partial charge in [-0.15, -0.1) is 0 Å². The molecule has 0 unspecified atom stereocenters. The Morgan fingerprint density at radius 2 is 1.85 bits per heavy atom. The number of nitrogens with one attached hydrogen (secondary N) is 1. The number of rotatable bonds is 7. The molecule has 0 radical (unpaired) electrons. The van der Waals surface area contributed by atoms with E-state index < -0.39 is 34.4 Å². The molecule has 1 aliphatic heterocycles. The highest BCUT2D eigenvalue weighted by Gasteiger charge is 2.28. The van der Waals surface area contributed by atoms with Gasteiger partial charge in [-0.2, -0.15) is 0 Å². The van der Waals surface area contributed by atoms with Gasteiger partial charge in [0.25, 0.3) is 5.91 Å². The lowest BCUT2D eigenvalue weighted by molar-refractivity contribution is -0.143. The number of methoxy groups -OCH3 is 2. The average molecular weight is 383 g/mol. The minimum Gasteiger partial charge on any atom is -0.497 e. The molecule has 8 nitrogen and oxygen atoms in total. The van der Waals surface area contributed by atoms with E-state index in [-0.39, 0.29) is 11.5 Å². The number of carbonyl (C=O) groups is 2. The molecule has 1 N–H and O–H groups in total. The lowest BCUT2D eigenvalue weighted by Gasteiger charge is -2.10. The van der Waals surface area contributed by atoms with Crippen molar-refractivity contribution in [1.82, 2.24) is 5.32 Å². The number of esters is 1. The van der Waals surface area contributed by atoms with Gasteiger partial charge in [-0.1, -0.05) is 0 Å². The summed E-state index contributed by atoms with van der Waals surface area (Å²) in [6.45, 7) is -0.471. The Morgan fingerprint density at radius 3 is 2.38 bits per heavy atom. The predicted octanol–water partition coefficient (Wildman–Crippen LogP) is 0.564. The molecule has 0 spiro atoms. The van der Waals surface area contributed by atoms with Gasteiger partial charge in [0.05, 0.1) is 25.7 Å². The minimum absolute atomic E-state index is 0.0600. The summed E-state index contributed by atoms with van der Waals surface area (Å²) in [5.74, 6) is -0.0984. The van der Waals surface area contributed by atoms with E-state index >= 15 is 0 Å². The van der Waals surface area contributed by atoms with Crippen molar-refractivity contribution in [3.8, 4) is 11.5 Å². The second kappa shape index (κ2) is 8.70. The number of hydrogen-bond acceptors (Lipinski definition) is 7. The number of amides is 1. The summed E-state index contributed by atoms with van der Waals surface area (Å²) in [6.07, 6.45) is 3.07. The van der Waals surface area contributed by atoms with Crippen LogP contribution in [0, 0.1) is 0 Å². The molecule has 2 rings (SSSR count). The molecule has 0 saturated carbocycles. The van der Waals surface area contributed by atoms with E-state index in [1.54, 1.807) is 18.2 Å². The minimum atomic E-state index is -3.08. The zero-order valence-electron chi connectivity index (χ0n) is 14.6. The Hall–Kier alpha value is -2.55. The van der Waals surface area contributed by atoms with Gasteiger partial charge in [-0.25, -0.2) is 13.2 Å². The number of benzene rings is 1. The van der Waals surface area contributed by atoms with Gasteiger partial charge >= 0.3 is 5.97 Å². The van der Waals surface area contributed by atoms with Crippen LogP contribution in [0.2, 0.25) is 0 Å². The SMILES string of the molecule is COc1cc(/C=C/C(=O)OCC(=O)N[C@H]2CCS(=O)(=O)C2)cc(OC)c1. The summed E-state index contributed by atoms with van der Waals surface area (Å²) >= 11 is 0. The first kappa shape index (κ1) is 19.8. The number of sulfone groups is 1. The van der Waals surface area contributed by atoms with Crippen LogP contribution in [0.25, 0.3) is 6.08 Å². The molecule has 1 fully saturated rings. The zero-order chi connectivity index (χ0) is 19.2. The highest BCUT2D eigenvalue weighted by molar-refractivity contribution is 7.91. The summed E-state index contributed by atoms with van der Waals surface area (Å²) in [5, 5.41) is 2.54. The van der Waals surface area contributed by atoms with Crippen LogP contribution in [0.4, 0.5) is 0 Å². The van der Waals surface area contributed by atoms with Crippen LogP contribution in [0.15, 0.2) is 24.3 Å². The second-order valence-corrected chi connectivity index (χ2v) is 7.98. The van der Waals surface area contributed by atoms with Crippen molar-refractivity contribution < 1.29 is 32.2 Å². The molecule has 142 valence electrons. The van der Waals surface area contributed by atoms with E-state index in [4.69, 9.17) is 14.2 Å². The van der Waals surface area contributed by atoms with E-state index in [9.17, 15) is 18.0 Å². The van der Waals surface area contributed by atoms with Crippen molar-refractivity contribution in [2.24, 2.45) is 0 Å². The Bertz CT molecular complexity index is 779. The Kier molecular flexibility index (Phi) is 6.62. The maximum Gasteiger partial charge on any atom is 0.331 e. The van der Waals surface area contributed by atoms with Crippen LogP contribution in [-0.4, -0.2) is 58.7 Å². The maximum absolute atomic E-state index is 11.7. The molecular weight excluding hydrogens is 362 g/mol. The average Bonchev–Trinajstić information content (AvgIpc) is 2.96. The summed E-state index contributed by atoms with van der Waals surface area (Å²) in [7, 11) is -0.0401. The molecule has 1 saturated heterocycles. The van der Waals surface area contributed by atoms with Gasteiger partial charge in [0.15, 0.2) is 16.4 Å². The predicted molar refractivity (Wildman–Crippen MR) is 94.7 cm³/mol. The zero-order valence-corrected chi connectivity index (χ0v) is 15.4. The van der Waals surface area contributed by atoms with E-state index in [0.29, 0.717) is 23.5 Å². The Labute approximate surface area is 152 Å². The summed E-state index contributed by atoms with van der Waals surface area (Å²) in [5.41, 5.74) is 0.666. The van der Waals surface area contributed by atoms with Gasteiger partial charge < -0.3 is 19.5 Å². The van der Waals surface area contributed by atoms with Crippen molar-refractivity contribution in [3.63, 3.8) is 0 Å². The van der Waals surface area contributed by atoms with Gasteiger partial charge in [-0.3, -0.25) is 4.79 Å². The molecule has 1 atom stereocenters. The Balaban J connectivity index is 1.83. The molecule has 0 bridgehead atoms. The van der Waals surface area contributed by atoms with E-state index in [1.807, 2.05) is 0 Å². The standard InChI is InChI=1S/C17H21NO7S/c1-23-14-7-12(8-15(9-14)24-2)3-4-17(20)25-10-16(19)18-13-5-6-26(21,22)11-13/h3-4,7-9,13H,5-6,10-11H2,1-2H3,(H,18,19)/b4-3+/t13-/m0/s1. The monoisotopic (exact) mass is 383 g/mol. The lowest BCUT2D eigenvalue weighted by Crippen LogP contribution is -2.38. The van der Waals surface area contributed by atoms with E-state index in [0.717, 1.165) is 0 Å². The third-order valence-electron chi connectivity index (χ3n) is 3.73. The maximum atomic E-state index is 11.7. The fourth-order valence-corrected chi connectivity index (χ4v) is 4.13. The fourth-order valence-electron chi connectivity index (χ4n) is 2.45. The van der Waals surface area contributed by atoms with Crippen LogP contribution < -0.4 is 14.8 Å². The van der Waals surface area contributed by atoms with Crippen molar-refractivity contribution in [3.05, 3.63) is 29.8 Å². The molecular formula is C17H21NO7S. The van der Waals surface area contributed by atoms with Gasteiger partial charge in [0, 0.05) is 18.2 Å². The number of carbonyl (C=O) groups excluding carboxylic acids is 2. The van der Waals surface area contributed by atoms with Crippen molar-refractivity contribution in [1.29, 1.82) is 0 Å². The first-order valence-electron chi connectivity index (χ1n) is 7.89. The van der Waals surface area contributed by atoms with E-state index in [2.05, 4.69) is 5.32 Å². The number of ether oxygens (including phenoxy) is 3. The van der Waals surface area contributed by atoms with Crippen LogP contribution in [0.3, 0.4) is 0 Å². The molecule has 9 heteroatoms. The van der Waals surface area contributed by atoms with Gasteiger partial charge in [-0.05, 0) is 30.2 Å². The molecule has 1 amide bonds. The van der Waals surface area contributed by atoms with Crippen LogP contribution in [0.1, 0.15) is 12.0 Å². The van der Waals surface area contributed by atoms with Gasteiger partial charge in [0.2, 0.25) is 0 Å². The largest absolute Gasteiger partial charge is 0.497 e. The molecule has 26 heavy (non-hydrogen) atoms. The van der Waals surface area contributed by atoms with Crippen LogP contribution in [-0.2, 0) is 24.2 Å². The lowest BCUT2D eigenvalue weighted by atomic mass is 10.2. The highest BCUT2D eigenvalue weighted by atomic mass is 32.2. The van der Waals surface area contributed by atoms with Crippen molar-refractivity contribution in [2.45, 2.75) is 12.5 Å². The fraction of sp³-hybridized carbons (Fsp3) is 0.412. The smallest absolute Gasteiger partial charge is 0.331 e. The van der Waals surface area contributed by atoms with Crippen LogP contribution in [0.5, 0.6) is 11.5 Å². The number of hydrogen-bond donors (Lipinski definition) is 1. The summed E-state index contributed by atoms with van der Waals surface area (Å²) in [6, 6.07) is 4.69.